The highest BCUT2D eigenvalue weighted by atomic mass is 79.9. The number of benzene rings is 1. The van der Waals surface area contributed by atoms with Crippen molar-refractivity contribution >= 4 is 15.9 Å². The fourth-order valence-corrected chi connectivity index (χ4v) is 1.93. The van der Waals surface area contributed by atoms with Crippen molar-refractivity contribution in [2.24, 2.45) is 0 Å². The highest BCUT2D eigenvalue weighted by Gasteiger charge is 2.02. The van der Waals surface area contributed by atoms with E-state index in [0.29, 0.717) is 12.2 Å². The zero-order valence-corrected chi connectivity index (χ0v) is 11.4. The first-order valence-electron chi connectivity index (χ1n) is 5.42. The lowest BCUT2D eigenvalue weighted by Crippen LogP contribution is -1.98. The van der Waals surface area contributed by atoms with Crippen LogP contribution in [0, 0.1) is 18.3 Å². The van der Waals surface area contributed by atoms with Gasteiger partial charge in [-0.3, -0.25) is 4.98 Å². The number of aryl methyl sites for hydroxylation is 1. The maximum atomic E-state index is 8.85. The molecule has 1 aromatic carbocycles. The smallest absolute Gasteiger partial charge is 0.124 e. The Balaban J connectivity index is 2.13. The molecule has 3 nitrogen and oxygen atoms in total. The predicted octanol–water partition coefficient (Wildman–Crippen LogP) is 3.60. The molecule has 4 heteroatoms. The number of nitrogens with zero attached hydrogens (tertiary/aromatic N) is 2. The second-order valence-electron chi connectivity index (χ2n) is 3.89. The Hall–Kier alpha value is -1.86. The van der Waals surface area contributed by atoms with E-state index in [0.717, 1.165) is 21.3 Å². The Bertz CT molecular complexity index is 605. The van der Waals surface area contributed by atoms with E-state index in [2.05, 4.69) is 27.0 Å². The van der Waals surface area contributed by atoms with E-state index in [-0.39, 0.29) is 0 Å². The summed E-state index contributed by atoms with van der Waals surface area (Å²) in [7, 11) is 0. The molecule has 0 aliphatic heterocycles. The molecule has 2 aromatic rings. The molecule has 1 heterocycles. The Kier molecular flexibility index (Phi) is 3.96. The lowest BCUT2D eigenvalue weighted by atomic mass is 10.1. The van der Waals surface area contributed by atoms with Crippen LogP contribution in [0.4, 0.5) is 0 Å². The molecule has 0 unspecified atom stereocenters. The molecule has 0 atom stereocenters. The summed E-state index contributed by atoms with van der Waals surface area (Å²) in [6.07, 6.45) is 3.49. The molecular weight excluding hydrogens is 292 g/mol. The second kappa shape index (κ2) is 5.65. The number of pyridine rings is 1. The molecule has 0 aliphatic carbocycles. The summed E-state index contributed by atoms with van der Waals surface area (Å²) in [6.45, 7) is 2.39. The normalized spacial score (nSPS) is 9.83. The average molecular weight is 303 g/mol. The number of rotatable bonds is 3. The zero-order valence-electron chi connectivity index (χ0n) is 9.85. The van der Waals surface area contributed by atoms with Crippen LogP contribution >= 0.6 is 15.9 Å². The van der Waals surface area contributed by atoms with Crippen molar-refractivity contribution in [3.63, 3.8) is 0 Å². The maximum Gasteiger partial charge on any atom is 0.124 e. The molecule has 2 rings (SSSR count). The van der Waals surface area contributed by atoms with Crippen molar-refractivity contribution in [2.45, 2.75) is 13.5 Å². The molecule has 0 saturated heterocycles. The molecule has 0 aliphatic rings. The van der Waals surface area contributed by atoms with Gasteiger partial charge in [-0.1, -0.05) is 6.07 Å². The van der Waals surface area contributed by atoms with Gasteiger partial charge in [-0.25, -0.2) is 0 Å². The monoisotopic (exact) mass is 302 g/mol. The number of ether oxygens (including phenoxy) is 1. The molecule has 0 amide bonds. The first kappa shape index (κ1) is 12.6. The van der Waals surface area contributed by atoms with Gasteiger partial charge in [-0.15, -0.1) is 0 Å². The molecular formula is C14H11BrN2O. The number of hydrogen-bond acceptors (Lipinski definition) is 3. The summed E-state index contributed by atoms with van der Waals surface area (Å²) < 4.78 is 6.63. The Morgan fingerprint density at radius 2 is 2.17 bits per heavy atom. The van der Waals surface area contributed by atoms with Crippen LogP contribution in [-0.4, -0.2) is 4.98 Å². The summed E-state index contributed by atoms with van der Waals surface area (Å²) in [6, 6.07) is 9.47. The molecule has 0 saturated carbocycles. The van der Waals surface area contributed by atoms with E-state index in [1.165, 1.54) is 0 Å². The molecule has 90 valence electrons. The van der Waals surface area contributed by atoms with Crippen molar-refractivity contribution in [1.29, 1.82) is 5.26 Å². The third kappa shape index (κ3) is 3.08. The summed E-state index contributed by atoms with van der Waals surface area (Å²) in [5.74, 6) is 0.731. The van der Waals surface area contributed by atoms with Gasteiger partial charge in [-0.2, -0.15) is 5.26 Å². The fraction of sp³-hybridized carbons (Fsp3) is 0.143. The quantitative estimate of drug-likeness (QED) is 0.870. The van der Waals surface area contributed by atoms with Gasteiger partial charge in [0.15, 0.2) is 0 Å². The van der Waals surface area contributed by atoms with Crippen LogP contribution in [0.2, 0.25) is 0 Å². The van der Waals surface area contributed by atoms with E-state index in [9.17, 15) is 0 Å². The van der Waals surface area contributed by atoms with Crippen molar-refractivity contribution in [1.82, 2.24) is 4.98 Å². The van der Waals surface area contributed by atoms with E-state index in [1.54, 1.807) is 24.5 Å². The standard InChI is InChI=1S/C14H11BrN2O/c1-10-2-3-11(6-16)5-14(10)18-9-12-4-13(15)8-17-7-12/h2-5,7-8H,9H2,1H3. The zero-order chi connectivity index (χ0) is 13.0. The van der Waals surface area contributed by atoms with E-state index in [1.807, 2.05) is 19.1 Å². The van der Waals surface area contributed by atoms with Crippen molar-refractivity contribution in [3.05, 3.63) is 57.8 Å². The number of aromatic nitrogens is 1. The third-order valence-electron chi connectivity index (χ3n) is 2.47. The van der Waals surface area contributed by atoms with Gasteiger partial charge in [0.1, 0.15) is 12.4 Å². The first-order valence-corrected chi connectivity index (χ1v) is 6.21. The molecule has 18 heavy (non-hydrogen) atoms. The SMILES string of the molecule is Cc1ccc(C#N)cc1OCc1cncc(Br)c1. The maximum absolute atomic E-state index is 8.85. The van der Waals surface area contributed by atoms with Gasteiger partial charge in [0.25, 0.3) is 0 Å². The highest BCUT2D eigenvalue weighted by Crippen LogP contribution is 2.21. The van der Waals surface area contributed by atoms with Gasteiger partial charge >= 0.3 is 0 Å². The van der Waals surface area contributed by atoms with E-state index >= 15 is 0 Å². The van der Waals surface area contributed by atoms with Crippen LogP contribution in [0.25, 0.3) is 0 Å². The van der Waals surface area contributed by atoms with Gasteiger partial charge in [0, 0.05) is 22.4 Å². The van der Waals surface area contributed by atoms with Crippen LogP contribution in [-0.2, 0) is 6.61 Å². The predicted molar refractivity (Wildman–Crippen MR) is 72.2 cm³/mol. The minimum atomic E-state index is 0.433. The van der Waals surface area contributed by atoms with Crippen molar-refractivity contribution in [2.75, 3.05) is 0 Å². The number of nitriles is 1. The second-order valence-corrected chi connectivity index (χ2v) is 4.81. The Morgan fingerprint density at radius 3 is 2.89 bits per heavy atom. The molecule has 1 aromatic heterocycles. The molecule has 0 N–H and O–H groups in total. The van der Waals surface area contributed by atoms with Gasteiger partial charge in [-0.05, 0) is 46.6 Å². The highest BCUT2D eigenvalue weighted by molar-refractivity contribution is 9.10. The van der Waals surface area contributed by atoms with Crippen molar-refractivity contribution < 1.29 is 4.74 Å². The van der Waals surface area contributed by atoms with Gasteiger partial charge in [0.05, 0.1) is 11.6 Å². The number of hydrogen-bond donors (Lipinski definition) is 0. The fourth-order valence-electron chi connectivity index (χ4n) is 1.52. The average Bonchev–Trinajstić information content (AvgIpc) is 2.38. The lowest BCUT2D eigenvalue weighted by Gasteiger charge is -2.09. The van der Waals surface area contributed by atoms with Gasteiger partial charge < -0.3 is 4.74 Å². The van der Waals surface area contributed by atoms with Crippen LogP contribution in [0.3, 0.4) is 0 Å². The minimum Gasteiger partial charge on any atom is -0.489 e. The van der Waals surface area contributed by atoms with Crippen LogP contribution < -0.4 is 4.74 Å². The van der Waals surface area contributed by atoms with E-state index in [4.69, 9.17) is 10.00 Å². The molecule has 0 fully saturated rings. The molecule has 0 radical (unpaired) electrons. The lowest BCUT2D eigenvalue weighted by molar-refractivity contribution is 0.303. The number of halogens is 1. The first-order chi connectivity index (χ1) is 8.69. The van der Waals surface area contributed by atoms with Crippen molar-refractivity contribution in [3.8, 4) is 11.8 Å². The Labute approximate surface area is 114 Å². The Morgan fingerprint density at radius 1 is 1.33 bits per heavy atom. The largest absolute Gasteiger partial charge is 0.489 e. The van der Waals surface area contributed by atoms with Crippen LogP contribution in [0.5, 0.6) is 5.75 Å². The summed E-state index contributed by atoms with van der Waals surface area (Å²) in [4.78, 5) is 4.07. The van der Waals surface area contributed by atoms with Gasteiger partial charge in [0.2, 0.25) is 0 Å². The molecule has 0 bridgehead atoms. The summed E-state index contributed by atoms with van der Waals surface area (Å²) >= 11 is 3.36. The summed E-state index contributed by atoms with van der Waals surface area (Å²) in [5.41, 5.74) is 2.59. The van der Waals surface area contributed by atoms with Crippen LogP contribution in [0.1, 0.15) is 16.7 Å². The third-order valence-corrected chi connectivity index (χ3v) is 2.91. The topological polar surface area (TPSA) is 45.9 Å². The minimum absolute atomic E-state index is 0.433. The molecule has 0 spiro atoms. The van der Waals surface area contributed by atoms with Crippen LogP contribution in [0.15, 0.2) is 41.1 Å². The summed E-state index contributed by atoms with van der Waals surface area (Å²) in [5, 5.41) is 8.85. The van der Waals surface area contributed by atoms with E-state index < -0.39 is 0 Å².